The summed E-state index contributed by atoms with van der Waals surface area (Å²) in [6.45, 7) is 8.42. The highest BCUT2D eigenvalue weighted by Crippen LogP contribution is 2.10. The first-order valence-electron chi connectivity index (χ1n) is 7.09. The van der Waals surface area contributed by atoms with Gasteiger partial charge < -0.3 is 4.74 Å². The molecule has 108 valence electrons. The summed E-state index contributed by atoms with van der Waals surface area (Å²) in [7, 11) is 0. The molecular formula is C18H24O2. The minimum absolute atomic E-state index is 0.164. The summed E-state index contributed by atoms with van der Waals surface area (Å²) in [5.41, 5.74) is 2.25. The Kier molecular flexibility index (Phi) is 7.41. The molecule has 0 aliphatic heterocycles. The van der Waals surface area contributed by atoms with E-state index in [0.29, 0.717) is 18.9 Å². The Bertz CT molecular complexity index is 446. The van der Waals surface area contributed by atoms with Gasteiger partial charge in [0.25, 0.3) is 0 Å². The third kappa shape index (κ3) is 6.93. The van der Waals surface area contributed by atoms with Crippen molar-refractivity contribution in [3.63, 3.8) is 0 Å². The van der Waals surface area contributed by atoms with Crippen molar-refractivity contribution < 1.29 is 9.53 Å². The quantitative estimate of drug-likeness (QED) is 0.520. The summed E-state index contributed by atoms with van der Waals surface area (Å²) in [6.07, 6.45) is 6.25. The first-order chi connectivity index (χ1) is 9.61. The Morgan fingerprint density at radius 2 is 2.05 bits per heavy atom. The van der Waals surface area contributed by atoms with Gasteiger partial charge in [0.2, 0.25) is 0 Å². The minimum atomic E-state index is -0.164. The van der Waals surface area contributed by atoms with Crippen LogP contribution in [0.1, 0.15) is 32.3 Å². The van der Waals surface area contributed by atoms with Crippen LogP contribution < -0.4 is 0 Å². The van der Waals surface area contributed by atoms with Crippen molar-refractivity contribution in [3.05, 3.63) is 60.2 Å². The van der Waals surface area contributed by atoms with Gasteiger partial charge in [-0.25, -0.2) is 0 Å². The molecule has 20 heavy (non-hydrogen) atoms. The number of hydrogen-bond donors (Lipinski definition) is 0. The number of hydrogen-bond acceptors (Lipinski definition) is 2. The lowest BCUT2D eigenvalue weighted by atomic mass is 10.0. The fraction of sp³-hybridized carbons (Fsp3) is 0.389. The predicted octanol–water partition coefficient (Wildman–Crippen LogP) is 4.32. The second-order valence-corrected chi connectivity index (χ2v) is 5.15. The van der Waals surface area contributed by atoms with Crippen molar-refractivity contribution in [2.45, 2.75) is 33.1 Å². The van der Waals surface area contributed by atoms with Gasteiger partial charge >= 0.3 is 5.97 Å². The highest BCUT2D eigenvalue weighted by atomic mass is 16.5. The van der Waals surface area contributed by atoms with Gasteiger partial charge in [0.15, 0.2) is 0 Å². The lowest BCUT2D eigenvalue weighted by Gasteiger charge is -2.07. The normalized spacial score (nSPS) is 12.8. The van der Waals surface area contributed by atoms with Gasteiger partial charge in [-0.05, 0) is 24.8 Å². The molecule has 1 aromatic carbocycles. The summed E-state index contributed by atoms with van der Waals surface area (Å²) in [5.74, 6) is 0.329. The monoisotopic (exact) mass is 272 g/mol. The Morgan fingerprint density at radius 3 is 2.70 bits per heavy atom. The summed E-state index contributed by atoms with van der Waals surface area (Å²) in [6, 6.07) is 9.66. The van der Waals surface area contributed by atoms with E-state index in [4.69, 9.17) is 4.74 Å². The van der Waals surface area contributed by atoms with Gasteiger partial charge in [-0.1, -0.05) is 55.0 Å². The molecule has 1 atom stereocenters. The Labute approximate surface area is 122 Å². The van der Waals surface area contributed by atoms with Crippen LogP contribution in [0.5, 0.6) is 0 Å². The molecule has 0 saturated heterocycles. The molecule has 0 aliphatic carbocycles. The van der Waals surface area contributed by atoms with Gasteiger partial charge in [-0.3, -0.25) is 4.79 Å². The van der Waals surface area contributed by atoms with E-state index in [1.165, 1.54) is 5.57 Å². The van der Waals surface area contributed by atoms with Crippen molar-refractivity contribution in [1.82, 2.24) is 0 Å². The molecular weight excluding hydrogens is 248 g/mol. The van der Waals surface area contributed by atoms with Crippen LogP contribution in [0.15, 0.2) is 54.6 Å². The van der Waals surface area contributed by atoms with Gasteiger partial charge in [0.1, 0.15) is 0 Å². The first-order valence-corrected chi connectivity index (χ1v) is 7.09. The predicted molar refractivity (Wildman–Crippen MR) is 83.5 cm³/mol. The minimum Gasteiger partial charge on any atom is -0.465 e. The van der Waals surface area contributed by atoms with Gasteiger partial charge in [-0.15, -0.1) is 6.58 Å². The van der Waals surface area contributed by atoms with E-state index in [1.54, 1.807) is 0 Å². The topological polar surface area (TPSA) is 26.3 Å². The lowest BCUT2D eigenvalue weighted by Crippen LogP contribution is -2.09. The summed E-state index contributed by atoms with van der Waals surface area (Å²) in [4.78, 5) is 11.7. The highest BCUT2D eigenvalue weighted by Gasteiger charge is 2.04. The number of ether oxygens (including phenoxy) is 1. The number of allylic oxidation sites excluding steroid dienone is 2. The zero-order valence-electron chi connectivity index (χ0n) is 12.5. The van der Waals surface area contributed by atoms with E-state index in [-0.39, 0.29) is 5.97 Å². The van der Waals surface area contributed by atoms with E-state index < -0.39 is 0 Å². The lowest BCUT2D eigenvalue weighted by molar-refractivity contribution is -0.142. The maximum atomic E-state index is 11.7. The molecule has 0 heterocycles. The summed E-state index contributed by atoms with van der Waals surface area (Å²) >= 11 is 0. The fourth-order valence-corrected chi connectivity index (χ4v) is 2.04. The maximum Gasteiger partial charge on any atom is 0.310 e. The fourth-order valence-electron chi connectivity index (χ4n) is 2.04. The standard InChI is InChI=1S/C18H24O2/c1-4-8-15(2)13-16(3)11-12-20-18(19)14-17-9-6-5-7-10-17/h4-7,9-10,13,15H,1,8,11-12,14H2,2-3H3/b16-13+. The Balaban J connectivity index is 2.26. The first kappa shape index (κ1) is 16.2. The molecule has 2 nitrogen and oxygen atoms in total. The van der Waals surface area contributed by atoms with Crippen molar-refractivity contribution in [1.29, 1.82) is 0 Å². The number of carbonyl (C=O) groups is 1. The zero-order chi connectivity index (χ0) is 14.8. The van der Waals surface area contributed by atoms with Crippen molar-refractivity contribution >= 4 is 5.97 Å². The largest absolute Gasteiger partial charge is 0.465 e. The molecule has 1 rings (SSSR count). The second-order valence-electron chi connectivity index (χ2n) is 5.15. The van der Waals surface area contributed by atoms with Crippen LogP contribution in [-0.4, -0.2) is 12.6 Å². The van der Waals surface area contributed by atoms with E-state index in [0.717, 1.165) is 18.4 Å². The van der Waals surface area contributed by atoms with Crippen LogP contribution in [0.2, 0.25) is 0 Å². The smallest absolute Gasteiger partial charge is 0.310 e. The molecule has 0 fully saturated rings. The SMILES string of the molecule is C=CCC(C)/C=C(\C)CCOC(=O)Cc1ccccc1. The van der Waals surface area contributed by atoms with Crippen LogP contribution in [0, 0.1) is 5.92 Å². The molecule has 1 aromatic rings. The number of rotatable bonds is 8. The molecule has 0 N–H and O–H groups in total. The number of carbonyl (C=O) groups excluding carboxylic acids is 1. The molecule has 0 aliphatic rings. The van der Waals surface area contributed by atoms with Crippen LogP contribution in [0.25, 0.3) is 0 Å². The van der Waals surface area contributed by atoms with E-state index in [9.17, 15) is 4.79 Å². The number of esters is 1. The average Bonchev–Trinajstić information content (AvgIpc) is 2.39. The van der Waals surface area contributed by atoms with E-state index in [2.05, 4.69) is 26.5 Å². The van der Waals surface area contributed by atoms with E-state index in [1.807, 2.05) is 36.4 Å². The van der Waals surface area contributed by atoms with Crippen molar-refractivity contribution in [2.75, 3.05) is 6.61 Å². The van der Waals surface area contributed by atoms with Crippen LogP contribution in [0.4, 0.5) is 0 Å². The zero-order valence-corrected chi connectivity index (χ0v) is 12.5. The second kappa shape index (κ2) is 9.13. The molecule has 0 radical (unpaired) electrons. The van der Waals surface area contributed by atoms with E-state index >= 15 is 0 Å². The van der Waals surface area contributed by atoms with Crippen molar-refractivity contribution in [3.8, 4) is 0 Å². The molecule has 2 heteroatoms. The molecule has 0 aromatic heterocycles. The van der Waals surface area contributed by atoms with Gasteiger partial charge in [0, 0.05) is 6.42 Å². The molecule has 0 spiro atoms. The summed E-state index contributed by atoms with van der Waals surface area (Å²) < 4.78 is 5.26. The number of benzene rings is 1. The van der Waals surface area contributed by atoms with Crippen LogP contribution >= 0.6 is 0 Å². The third-order valence-corrected chi connectivity index (χ3v) is 3.06. The maximum absolute atomic E-state index is 11.7. The molecule has 0 amide bonds. The highest BCUT2D eigenvalue weighted by molar-refractivity contribution is 5.72. The third-order valence-electron chi connectivity index (χ3n) is 3.06. The summed E-state index contributed by atoms with van der Waals surface area (Å²) in [5, 5.41) is 0. The van der Waals surface area contributed by atoms with Crippen LogP contribution in [0.3, 0.4) is 0 Å². The Hall–Kier alpha value is -1.83. The molecule has 1 unspecified atom stereocenters. The molecule has 0 bridgehead atoms. The van der Waals surface area contributed by atoms with Gasteiger partial charge in [0.05, 0.1) is 13.0 Å². The average molecular weight is 272 g/mol. The molecule has 0 saturated carbocycles. The van der Waals surface area contributed by atoms with Crippen LogP contribution in [-0.2, 0) is 16.0 Å². The Morgan fingerprint density at radius 1 is 1.35 bits per heavy atom. The van der Waals surface area contributed by atoms with Gasteiger partial charge in [-0.2, -0.15) is 0 Å². The van der Waals surface area contributed by atoms with Crippen molar-refractivity contribution in [2.24, 2.45) is 5.92 Å².